The summed E-state index contributed by atoms with van der Waals surface area (Å²) in [6.07, 6.45) is 3.30. The first kappa shape index (κ1) is 12.9. The van der Waals surface area contributed by atoms with E-state index in [0.717, 1.165) is 5.69 Å². The number of nitrogens with two attached hydrogens (primary N) is 2. The van der Waals surface area contributed by atoms with E-state index >= 15 is 0 Å². The Labute approximate surface area is 111 Å². The third-order valence-electron chi connectivity index (χ3n) is 2.76. The van der Waals surface area contributed by atoms with Gasteiger partial charge in [0.25, 0.3) is 5.91 Å². The molecule has 0 spiro atoms. The van der Waals surface area contributed by atoms with Gasteiger partial charge in [-0.3, -0.25) is 9.78 Å². The Morgan fingerprint density at radius 2 is 1.74 bits per heavy atom. The van der Waals surface area contributed by atoms with Gasteiger partial charge in [0.15, 0.2) is 0 Å². The highest BCUT2D eigenvalue weighted by Gasteiger charge is 2.16. The van der Waals surface area contributed by atoms with E-state index in [1.165, 1.54) is 0 Å². The molecular formula is C14H16N4O. The summed E-state index contributed by atoms with van der Waals surface area (Å²) >= 11 is 0. The Kier molecular flexibility index (Phi) is 3.66. The largest absolute Gasteiger partial charge is 0.399 e. The summed E-state index contributed by atoms with van der Waals surface area (Å²) in [4.78, 5) is 18.1. The molecule has 0 atom stereocenters. The molecule has 5 nitrogen and oxygen atoms in total. The van der Waals surface area contributed by atoms with Crippen molar-refractivity contribution in [3.8, 4) is 0 Å². The molecule has 1 heterocycles. The van der Waals surface area contributed by atoms with Gasteiger partial charge in [0.2, 0.25) is 0 Å². The monoisotopic (exact) mass is 256 g/mol. The average molecular weight is 256 g/mol. The van der Waals surface area contributed by atoms with Crippen LogP contribution < -0.4 is 16.4 Å². The normalized spacial score (nSPS) is 10.2. The van der Waals surface area contributed by atoms with Crippen LogP contribution in [0.5, 0.6) is 0 Å². The van der Waals surface area contributed by atoms with Crippen LogP contribution in [0.25, 0.3) is 0 Å². The fraction of sp³-hybridized carbons (Fsp3) is 0.143. The Bertz CT molecular complexity index is 563. The van der Waals surface area contributed by atoms with Gasteiger partial charge in [0.05, 0.1) is 0 Å². The summed E-state index contributed by atoms with van der Waals surface area (Å²) in [6, 6.07) is 8.46. The highest BCUT2D eigenvalue weighted by molar-refractivity contribution is 6.07. The van der Waals surface area contributed by atoms with Crippen LogP contribution >= 0.6 is 0 Å². The van der Waals surface area contributed by atoms with E-state index in [0.29, 0.717) is 23.5 Å². The van der Waals surface area contributed by atoms with Crippen LogP contribution in [0.15, 0.2) is 42.7 Å². The highest BCUT2D eigenvalue weighted by Crippen LogP contribution is 2.19. The number of hydrogen-bond donors (Lipinski definition) is 2. The van der Waals surface area contributed by atoms with Gasteiger partial charge in [-0.15, -0.1) is 0 Å². The number of aromatic nitrogens is 1. The molecular weight excluding hydrogens is 240 g/mol. The predicted molar refractivity (Wildman–Crippen MR) is 76.9 cm³/mol. The number of benzene rings is 1. The standard InChI is InChI=1S/C14H16N4O/c1-2-18(13-3-5-17-6-4-13)14(19)10-7-11(15)9-12(16)8-10/h3-9H,2,15-16H2,1H3. The second kappa shape index (κ2) is 5.39. The van der Waals surface area contributed by atoms with E-state index in [-0.39, 0.29) is 5.91 Å². The van der Waals surface area contributed by atoms with Gasteiger partial charge in [0, 0.05) is 41.6 Å². The molecule has 0 radical (unpaired) electrons. The topological polar surface area (TPSA) is 85.2 Å². The maximum Gasteiger partial charge on any atom is 0.258 e. The first-order chi connectivity index (χ1) is 9.11. The summed E-state index contributed by atoms with van der Waals surface area (Å²) in [7, 11) is 0. The highest BCUT2D eigenvalue weighted by atomic mass is 16.2. The molecule has 19 heavy (non-hydrogen) atoms. The van der Waals surface area contributed by atoms with Crippen molar-refractivity contribution in [2.45, 2.75) is 6.92 Å². The smallest absolute Gasteiger partial charge is 0.258 e. The number of pyridine rings is 1. The lowest BCUT2D eigenvalue weighted by molar-refractivity contribution is 0.0988. The van der Waals surface area contributed by atoms with Crippen LogP contribution in [0.2, 0.25) is 0 Å². The zero-order chi connectivity index (χ0) is 13.8. The number of anilines is 3. The Balaban J connectivity index is 2.36. The quantitative estimate of drug-likeness (QED) is 0.821. The molecule has 0 saturated heterocycles. The van der Waals surface area contributed by atoms with E-state index in [1.807, 2.05) is 6.92 Å². The maximum atomic E-state index is 12.5. The Morgan fingerprint density at radius 3 is 2.26 bits per heavy atom. The number of nitrogen functional groups attached to an aromatic ring is 2. The first-order valence-electron chi connectivity index (χ1n) is 5.99. The Morgan fingerprint density at radius 1 is 1.16 bits per heavy atom. The number of carbonyl (C=O) groups is 1. The van der Waals surface area contributed by atoms with E-state index in [9.17, 15) is 4.79 Å². The second-order valence-corrected chi connectivity index (χ2v) is 4.14. The minimum atomic E-state index is -0.132. The number of hydrogen-bond acceptors (Lipinski definition) is 4. The van der Waals surface area contributed by atoms with Gasteiger partial charge in [-0.1, -0.05) is 0 Å². The second-order valence-electron chi connectivity index (χ2n) is 4.14. The minimum Gasteiger partial charge on any atom is -0.399 e. The van der Waals surface area contributed by atoms with E-state index in [4.69, 9.17) is 11.5 Å². The summed E-state index contributed by atoms with van der Waals surface area (Å²) in [5, 5.41) is 0. The first-order valence-corrected chi connectivity index (χ1v) is 5.99. The van der Waals surface area contributed by atoms with Crippen LogP contribution in [0.1, 0.15) is 17.3 Å². The molecule has 0 fully saturated rings. The van der Waals surface area contributed by atoms with Crippen LogP contribution in [-0.4, -0.2) is 17.4 Å². The summed E-state index contributed by atoms with van der Waals surface area (Å²) in [6.45, 7) is 2.46. The van der Waals surface area contributed by atoms with Gasteiger partial charge in [-0.2, -0.15) is 0 Å². The average Bonchev–Trinajstić information content (AvgIpc) is 2.39. The molecule has 5 heteroatoms. The fourth-order valence-corrected chi connectivity index (χ4v) is 1.92. The lowest BCUT2D eigenvalue weighted by atomic mass is 10.1. The van der Waals surface area contributed by atoms with Crippen molar-refractivity contribution in [3.05, 3.63) is 48.3 Å². The van der Waals surface area contributed by atoms with Crippen molar-refractivity contribution in [3.63, 3.8) is 0 Å². The molecule has 1 aromatic carbocycles. The van der Waals surface area contributed by atoms with Crippen LogP contribution in [-0.2, 0) is 0 Å². The molecule has 2 aromatic rings. The van der Waals surface area contributed by atoms with E-state index in [2.05, 4.69) is 4.98 Å². The third kappa shape index (κ3) is 2.82. The molecule has 98 valence electrons. The van der Waals surface area contributed by atoms with Gasteiger partial charge in [0.1, 0.15) is 0 Å². The van der Waals surface area contributed by atoms with Crippen molar-refractivity contribution in [1.29, 1.82) is 0 Å². The zero-order valence-corrected chi connectivity index (χ0v) is 10.7. The molecule has 0 aliphatic carbocycles. The van der Waals surface area contributed by atoms with Crippen molar-refractivity contribution < 1.29 is 4.79 Å². The molecule has 0 saturated carbocycles. The Hall–Kier alpha value is -2.56. The summed E-state index contributed by atoms with van der Waals surface area (Å²) in [5.74, 6) is -0.132. The number of nitrogens with zero attached hydrogens (tertiary/aromatic N) is 2. The number of rotatable bonds is 3. The molecule has 2 rings (SSSR count). The molecule has 4 N–H and O–H groups in total. The predicted octanol–water partition coefficient (Wildman–Crippen LogP) is 1.91. The van der Waals surface area contributed by atoms with Crippen molar-refractivity contribution in [2.75, 3.05) is 22.9 Å². The van der Waals surface area contributed by atoms with Gasteiger partial charge >= 0.3 is 0 Å². The minimum absolute atomic E-state index is 0.132. The maximum absolute atomic E-state index is 12.5. The summed E-state index contributed by atoms with van der Waals surface area (Å²) in [5.41, 5.74) is 13.7. The lowest BCUT2D eigenvalue weighted by Crippen LogP contribution is -2.30. The zero-order valence-electron chi connectivity index (χ0n) is 10.7. The van der Waals surface area contributed by atoms with Gasteiger partial charge in [-0.25, -0.2) is 0 Å². The van der Waals surface area contributed by atoms with Crippen molar-refractivity contribution in [1.82, 2.24) is 4.98 Å². The molecule has 1 amide bonds. The fourth-order valence-electron chi connectivity index (χ4n) is 1.92. The molecule has 0 aliphatic rings. The van der Waals surface area contributed by atoms with Crippen LogP contribution in [0.3, 0.4) is 0 Å². The number of carbonyl (C=O) groups excluding carboxylic acids is 1. The van der Waals surface area contributed by atoms with E-state index < -0.39 is 0 Å². The van der Waals surface area contributed by atoms with Gasteiger partial charge < -0.3 is 16.4 Å². The molecule has 1 aromatic heterocycles. The van der Waals surface area contributed by atoms with Crippen molar-refractivity contribution in [2.24, 2.45) is 0 Å². The third-order valence-corrected chi connectivity index (χ3v) is 2.76. The molecule has 0 aliphatic heterocycles. The van der Waals surface area contributed by atoms with E-state index in [1.54, 1.807) is 47.6 Å². The number of amides is 1. The molecule has 0 bridgehead atoms. The van der Waals surface area contributed by atoms with Gasteiger partial charge in [-0.05, 0) is 37.3 Å². The van der Waals surface area contributed by atoms with Crippen LogP contribution in [0.4, 0.5) is 17.1 Å². The van der Waals surface area contributed by atoms with Crippen molar-refractivity contribution >= 4 is 23.0 Å². The molecule has 0 unspecified atom stereocenters. The SMILES string of the molecule is CCN(C(=O)c1cc(N)cc(N)c1)c1ccncc1. The summed E-state index contributed by atoms with van der Waals surface area (Å²) < 4.78 is 0. The lowest BCUT2D eigenvalue weighted by Gasteiger charge is -2.21. The van der Waals surface area contributed by atoms with Crippen LogP contribution in [0, 0.1) is 0 Å².